The van der Waals surface area contributed by atoms with Crippen LogP contribution in [0.3, 0.4) is 0 Å². The van der Waals surface area contributed by atoms with Gasteiger partial charge in [-0.3, -0.25) is 0 Å². The second kappa shape index (κ2) is 5.54. The van der Waals surface area contributed by atoms with Gasteiger partial charge in [-0.25, -0.2) is 9.78 Å². The molecule has 0 spiro atoms. The molecule has 1 aliphatic rings. The van der Waals surface area contributed by atoms with Gasteiger partial charge >= 0.3 is 5.97 Å². The Morgan fingerprint density at radius 2 is 2.25 bits per heavy atom. The number of halogens is 1. The van der Waals surface area contributed by atoms with Crippen molar-refractivity contribution in [3.8, 4) is 10.6 Å². The van der Waals surface area contributed by atoms with E-state index in [1.165, 1.54) is 11.3 Å². The van der Waals surface area contributed by atoms with Crippen LogP contribution < -0.4 is 0 Å². The Balaban J connectivity index is 1.70. The molecule has 0 N–H and O–H groups in total. The Hall–Kier alpha value is -1.39. The summed E-state index contributed by atoms with van der Waals surface area (Å²) in [5.41, 5.74) is 1.20. The van der Waals surface area contributed by atoms with E-state index in [4.69, 9.17) is 16.3 Å². The first kappa shape index (κ1) is 13.6. The third kappa shape index (κ3) is 2.86. The fourth-order valence-corrected chi connectivity index (χ4v) is 3.12. The normalized spacial score (nSPS) is 20.7. The van der Waals surface area contributed by atoms with E-state index in [-0.39, 0.29) is 5.97 Å². The zero-order chi connectivity index (χ0) is 14.1. The summed E-state index contributed by atoms with van der Waals surface area (Å²) in [4.78, 5) is 16.2. The van der Waals surface area contributed by atoms with Gasteiger partial charge in [0.25, 0.3) is 0 Å². The van der Waals surface area contributed by atoms with Crippen LogP contribution in [0.2, 0.25) is 5.02 Å². The van der Waals surface area contributed by atoms with Crippen molar-refractivity contribution in [2.45, 2.75) is 13.3 Å². The minimum absolute atomic E-state index is 0.348. The maximum absolute atomic E-state index is 11.9. The van der Waals surface area contributed by atoms with Crippen LogP contribution in [0.1, 0.15) is 23.8 Å². The van der Waals surface area contributed by atoms with Gasteiger partial charge < -0.3 is 4.74 Å². The van der Waals surface area contributed by atoms with Crippen molar-refractivity contribution in [3.63, 3.8) is 0 Å². The van der Waals surface area contributed by atoms with Gasteiger partial charge in [0, 0.05) is 10.9 Å². The standard InChI is InChI=1S/C15H14ClNO2S/c1-9-6-10(9)7-19-15(18)13-8-20-14(17-13)11-4-2-3-5-12(11)16/h2-5,8-10H,6-7H2,1H3. The van der Waals surface area contributed by atoms with Gasteiger partial charge in [0.2, 0.25) is 0 Å². The molecule has 1 aromatic carbocycles. The van der Waals surface area contributed by atoms with Gasteiger partial charge in [-0.2, -0.15) is 0 Å². The van der Waals surface area contributed by atoms with Gasteiger partial charge in [0.05, 0.1) is 11.6 Å². The second-order valence-electron chi connectivity index (χ2n) is 5.09. The summed E-state index contributed by atoms with van der Waals surface area (Å²) in [7, 11) is 0. The van der Waals surface area contributed by atoms with Crippen LogP contribution in [0.4, 0.5) is 0 Å². The van der Waals surface area contributed by atoms with Crippen LogP contribution in [-0.4, -0.2) is 17.6 Å². The lowest BCUT2D eigenvalue weighted by atomic mass is 10.2. The van der Waals surface area contributed by atoms with Crippen molar-refractivity contribution in [1.82, 2.24) is 4.98 Å². The molecule has 2 aromatic rings. The maximum atomic E-state index is 11.9. The molecule has 1 saturated carbocycles. The molecule has 2 atom stereocenters. The zero-order valence-corrected chi connectivity index (χ0v) is 12.6. The van der Waals surface area contributed by atoms with E-state index in [0.29, 0.717) is 29.2 Å². The van der Waals surface area contributed by atoms with E-state index in [2.05, 4.69) is 11.9 Å². The van der Waals surface area contributed by atoms with E-state index >= 15 is 0 Å². The first-order chi connectivity index (χ1) is 9.65. The summed E-state index contributed by atoms with van der Waals surface area (Å²) in [5, 5.41) is 3.09. The van der Waals surface area contributed by atoms with Crippen molar-refractivity contribution in [2.24, 2.45) is 11.8 Å². The molecule has 104 valence electrons. The van der Waals surface area contributed by atoms with E-state index in [9.17, 15) is 4.79 Å². The SMILES string of the molecule is CC1CC1COC(=O)c1csc(-c2ccccc2Cl)n1. The van der Waals surface area contributed by atoms with Gasteiger partial charge in [-0.1, -0.05) is 36.7 Å². The first-order valence-electron chi connectivity index (χ1n) is 6.52. The van der Waals surface area contributed by atoms with Gasteiger partial charge in [0.1, 0.15) is 5.01 Å². The summed E-state index contributed by atoms with van der Waals surface area (Å²) in [5.74, 6) is 0.858. The van der Waals surface area contributed by atoms with Crippen molar-refractivity contribution < 1.29 is 9.53 Å². The number of benzene rings is 1. The van der Waals surface area contributed by atoms with E-state index < -0.39 is 0 Å². The number of carbonyl (C=O) groups is 1. The molecular weight excluding hydrogens is 294 g/mol. The molecule has 5 heteroatoms. The van der Waals surface area contributed by atoms with Crippen LogP contribution in [0, 0.1) is 11.8 Å². The molecular formula is C15H14ClNO2S. The minimum atomic E-state index is -0.348. The highest BCUT2D eigenvalue weighted by atomic mass is 35.5. The van der Waals surface area contributed by atoms with Crippen LogP contribution in [0.25, 0.3) is 10.6 Å². The summed E-state index contributed by atoms with van der Waals surface area (Å²) in [6.45, 7) is 2.66. The maximum Gasteiger partial charge on any atom is 0.357 e. The average molecular weight is 308 g/mol. The Kier molecular flexibility index (Phi) is 3.76. The van der Waals surface area contributed by atoms with Crippen molar-refractivity contribution in [2.75, 3.05) is 6.61 Å². The topological polar surface area (TPSA) is 39.2 Å². The second-order valence-corrected chi connectivity index (χ2v) is 6.35. The van der Waals surface area contributed by atoms with Crippen LogP contribution in [0.15, 0.2) is 29.6 Å². The van der Waals surface area contributed by atoms with Crippen LogP contribution >= 0.6 is 22.9 Å². The lowest BCUT2D eigenvalue weighted by Crippen LogP contribution is -2.08. The fourth-order valence-electron chi connectivity index (χ4n) is 2.01. The molecule has 0 amide bonds. The zero-order valence-electron chi connectivity index (χ0n) is 11.0. The molecule has 1 aliphatic carbocycles. The number of thiazole rings is 1. The monoisotopic (exact) mass is 307 g/mol. The summed E-state index contributed by atoms with van der Waals surface area (Å²) < 4.78 is 5.27. The molecule has 0 saturated heterocycles. The van der Waals surface area contributed by atoms with Gasteiger partial charge in [-0.15, -0.1) is 11.3 Å². The van der Waals surface area contributed by atoms with Crippen molar-refractivity contribution in [3.05, 3.63) is 40.4 Å². The Morgan fingerprint density at radius 1 is 1.50 bits per heavy atom. The third-order valence-electron chi connectivity index (χ3n) is 3.52. The molecule has 1 heterocycles. The van der Waals surface area contributed by atoms with Gasteiger partial charge in [0.15, 0.2) is 5.69 Å². The van der Waals surface area contributed by atoms with E-state index in [1.807, 2.05) is 24.3 Å². The fraction of sp³-hybridized carbons (Fsp3) is 0.333. The Morgan fingerprint density at radius 3 is 2.95 bits per heavy atom. The number of hydrogen-bond donors (Lipinski definition) is 0. The molecule has 0 radical (unpaired) electrons. The lowest BCUT2D eigenvalue weighted by Gasteiger charge is -2.01. The lowest BCUT2D eigenvalue weighted by molar-refractivity contribution is 0.0475. The summed E-state index contributed by atoms with van der Waals surface area (Å²) in [6.07, 6.45) is 1.15. The molecule has 1 fully saturated rings. The molecule has 2 unspecified atom stereocenters. The number of aromatic nitrogens is 1. The number of nitrogens with zero attached hydrogens (tertiary/aromatic N) is 1. The number of esters is 1. The molecule has 3 rings (SSSR count). The molecule has 1 aromatic heterocycles. The van der Waals surface area contributed by atoms with Crippen molar-refractivity contribution in [1.29, 1.82) is 0 Å². The highest BCUT2D eigenvalue weighted by Gasteiger charge is 2.33. The first-order valence-corrected chi connectivity index (χ1v) is 7.78. The number of carbonyl (C=O) groups excluding carboxylic acids is 1. The smallest absolute Gasteiger partial charge is 0.357 e. The van der Waals surface area contributed by atoms with E-state index in [0.717, 1.165) is 17.0 Å². The largest absolute Gasteiger partial charge is 0.461 e. The molecule has 0 aliphatic heterocycles. The van der Waals surface area contributed by atoms with Crippen molar-refractivity contribution >= 4 is 28.9 Å². The molecule has 3 nitrogen and oxygen atoms in total. The number of ether oxygens (including phenoxy) is 1. The quantitative estimate of drug-likeness (QED) is 0.792. The van der Waals surface area contributed by atoms with Crippen LogP contribution in [0.5, 0.6) is 0 Å². The predicted octanol–water partition coefficient (Wildman–Crippen LogP) is 4.28. The van der Waals surface area contributed by atoms with Crippen LogP contribution in [-0.2, 0) is 4.74 Å². The Labute approximate surface area is 126 Å². The minimum Gasteiger partial charge on any atom is -0.461 e. The predicted molar refractivity (Wildman–Crippen MR) is 80.1 cm³/mol. The molecule has 20 heavy (non-hydrogen) atoms. The number of rotatable bonds is 4. The van der Waals surface area contributed by atoms with E-state index in [1.54, 1.807) is 5.38 Å². The third-order valence-corrected chi connectivity index (χ3v) is 4.73. The molecule has 0 bridgehead atoms. The summed E-state index contributed by atoms with van der Waals surface area (Å²) in [6, 6.07) is 7.47. The summed E-state index contributed by atoms with van der Waals surface area (Å²) >= 11 is 7.52. The number of hydrogen-bond acceptors (Lipinski definition) is 4. The highest BCUT2D eigenvalue weighted by Crippen LogP contribution is 2.38. The highest BCUT2D eigenvalue weighted by molar-refractivity contribution is 7.13. The Bertz CT molecular complexity index is 640. The average Bonchev–Trinajstić information content (AvgIpc) is 2.95. The van der Waals surface area contributed by atoms with Gasteiger partial charge in [-0.05, 0) is 24.3 Å².